The van der Waals surface area contributed by atoms with Crippen LogP contribution in [0, 0.1) is 12.8 Å². The Morgan fingerprint density at radius 1 is 1.36 bits per heavy atom. The molecule has 28 heavy (non-hydrogen) atoms. The van der Waals surface area contributed by atoms with Crippen molar-refractivity contribution in [1.29, 1.82) is 0 Å². The highest BCUT2D eigenvalue weighted by molar-refractivity contribution is 7.89. The molecular formula is C18H31N5O4S. The van der Waals surface area contributed by atoms with Crippen LogP contribution in [0.2, 0.25) is 0 Å². The summed E-state index contributed by atoms with van der Waals surface area (Å²) in [6, 6.07) is 0.231. The third-order valence-electron chi connectivity index (χ3n) is 5.80. The second-order valence-corrected chi connectivity index (χ2v) is 9.57. The number of nitrogens with one attached hydrogen (secondary N) is 1. The van der Waals surface area contributed by atoms with E-state index < -0.39 is 10.0 Å². The van der Waals surface area contributed by atoms with E-state index in [1.165, 1.54) is 10.5 Å². The summed E-state index contributed by atoms with van der Waals surface area (Å²) < 4.78 is 34.3. The van der Waals surface area contributed by atoms with Crippen LogP contribution in [-0.2, 0) is 26.6 Å². The van der Waals surface area contributed by atoms with Crippen LogP contribution < -0.4 is 5.32 Å². The monoisotopic (exact) mass is 413 g/mol. The fourth-order valence-corrected chi connectivity index (χ4v) is 5.50. The number of hydrogen-bond acceptors (Lipinski definition) is 6. The molecule has 2 atom stereocenters. The van der Waals surface area contributed by atoms with Gasteiger partial charge in [0.05, 0.1) is 31.0 Å². The van der Waals surface area contributed by atoms with Crippen LogP contribution in [0.15, 0.2) is 11.1 Å². The molecule has 3 rings (SSSR count). The molecule has 0 bridgehead atoms. The van der Waals surface area contributed by atoms with Gasteiger partial charge < -0.3 is 10.1 Å². The molecule has 0 radical (unpaired) electrons. The number of piperidine rings is 1. The molecule has 0 aromatic carbocycles. The predicted octanol–water partition coefficient (Wildman–Crippen LogP) is -0.0339. The van der Waals surface area contributed by atoms with Crippen LogP contribution in [0.25, 0.3) is 0 Å². The van der Waals surface area contributed by atoms with Gasteiger partial charge in [0.2, 0.25) is 15.9 Å². The van der Waals surface area contributed by atoms with Crippen LogP contribution in [0.5, 0.6) is 0 Å². The van der Waals surface area contributed by atoms with Crippen LogP contribution >= 0.6 is 0 Å². The lowest BCUT2D eigenvalue weighted by molar-refractivity contribution is -0.126. The lowest BCUT2D eigenvalue weighted by atomic mass is 9.99. The summed E-state index contributed by atoms with van der Waals surface area (Å²) in [5, 5.41) is 7.06. The number of ether oxygens (including phenoxy) is 1. The largest absolute Gasteiger partial charge is 0.379 e. The maximum absolute atomic E-state index is 13.0. The summed E-state index contributed by atoms with van der Waals surface area (Å²) in [6.07, 6.45) is 2.77. The Morgan fingerprint density at radius 2 is 2.07 bits per heavy atom. The van der Waals surface area contributed by atoms with Gasteiger partial charge in [-0.3, -0.25) is 14.4 Å². The molecule has 0 aliphatic carbocycles. The zero-order valence-corrected chi connectivity index (χ0v) is 17.7. The zero-order valence-electron chi connectivity index (χ0n) is 16.9. The summed E-state index contributed by atoms with van der Waals surface area (Å²) >= 11 is 0. The first-order valence-electron chi connectivity index (χ1n) is 9.89. The number of rotatable bonds is 6. The quantitative estimate of drug-likeness (QED) is 0.703. The van der Waals surface area contributed by atoms with Crippen LogP contribution in [0.3, 0.4) is 0 Å². The molecule has 0 unspecified atom stereocenters. The van der Waals surface area contributed by atoms with Gasteiger partial charge in [0.25, 0.3) is 0 Å². The zero-order chi connectivity index (χ0) is 20.3. The van der Waals surface area contributed by atoms with Gasteiger partial charge in [0, 0.05) is 45.8 Å². The van der Waals surface area contributed by atoms with E-state index >= 15 is 0 Å². The smallest absolute Gasteiger partial charge is 0.246 e. The number of hydrogen-bond donors (Lipinski definition) is 1. The Bertz CT molecular complexity index is 788. The summed E-state index contributed by atoms with van der Waals surface area (Å²) in [6.45, 7) is 8.23. The standard InChI is InChI=1S/C18H31N5O4S/c1-14(22-7-9-27-10-8-22)11-19-18(24)16-5-4-6-23(13-16)28(25,26)17-12-20-21(3)15(17)2/h12,14,16H,4-11,13H2,1-3H3,(H,19,24)/t14-,16-/m0/s1. The number of carbonyl (C=O) groups is 1. The second-order valence-electron chi connectivity index (χ2n) is 7.66. The summed E-state index contributed by atoms with van der Waals surface area (Å²) in [5.74, 6) is -0.389. The SMILES string of the molecule is Cc1c(S(=O)(=O)N2CCC[C@H](C(=O)NC[C@H](C)N3CCOCC3)C2)cnn1C. The van der Waals surface area contributed by atoms with Crippen LogP contribution in [0.4, 0.5) is 0 Å². The van der Waals surface area contributed by atoms with Crippen molar-refractivity contribution in [3.63, 3.8) is 0 Å². The van der Waals surface area contributed by atoms with Crippen molar-refractivity contribution in [2.75, 3.05) is 45.9 Å². The average Bonchev–Trinajstić information content (AvgIpc) is 3.06. The lowest BCUT2D eigenvalue weighted by Gasteiger charge is -2.34. The van der Waals surface area contributed by atoms with E-state index in [1.54, 1.807) is 18.7 Å². The summed E-state index contributed by atoms with van der Waals surface area (Å²) in [4.78, 5) is 15.2. The van der Waals surface area contributed by atoms with Crippen molar-refractivity contribution in [3.8, 4) is 0 Å². The predicted molar refractivity (Wildman–Crippen MR) is 104 cm³/mol. The third kappa shape index (κ3) is 4.56. The minimum Gasteiger partial charge on any atom is -0.379 e. The molecule has 0 saturated carbocycles. The van der Waals surface area contributed by atoms with Crippen LogP contribution in [-0.4, -0.2) is 85.3 Å². The average molecular weight is 414 g/mol. The van der Waals surface area contributed by atoms with E-state index in [9.17, 15) is 13.2 Å². The second kappa shape index (κ2) is 8.89. The minimum atomic E-state index is -3.64. The van der Waals surface area contributed by atoms with E-state index in [0.29, 0.717) is 31.6 Å². The summed E-state index contributed by atoms with van der Waals surface area (Å²) in [5.41, 5.74) is 0.603. The fraction of sp³-hybridized carbons (Fsp3) is 0.778. The van der Waals surface area contributed by atoms with E-state index in [0.717, 1.165) is 26.3 Å². The maximum atomic E-state index is 13.0. The first-order valence-corrected chi connectivity index (χ1v) is 11.3. The highest BCUT2D eigenvalue weighted by atomic mass is 32.2. The molecule has 0 spiro atoms. The Labute approximate surface area is 167 Å². The maximum Gasteiger partial charge on any atom is 0.246 e. The van der Waals surface area contributed by atoms with E-state index in [2.05, 4.69) is 22.2 Å². The molecule has 2 aliphatic rings. The van der Waals surface area contributed by atoms with Gasteiger partial charge in [-0.15, -0.1) is 0 Å². The van der Waals surface area contributed by atoms with Crippen molar-refractivity contribution >= 4 is 15.9 Å². The normalized spacial score (nSPS) is 23.5. The number of amides is 1. The summed E-state index contributed by atoms with van der Waals surface area (Å²) in [7, 11) is -1.92. The van der Waals surface area contributed by atoms with Gasteiger partial charge >= 0.3 is 0 Å². The number of sulfonamides is 1. The molecule has 1 amide bonds. The first kappa shape index (κ1) is 21.2. The molecule has 2 saturated heterocycles. The van der Waals surface area contributed by atoms with Crippen molar-refractivity contribution in [1.82, 2.24) is 24.3 Å². The lowest BCUT2D eigenvalue weighted by Crippen LogP contribution is -2.50. The van der Waals surface area contributed by atoms with Gasteiger partial charge in [-0.1, -0.05) is 0 Å². The van der Waals surface area contributed by atoms with E-state index in [-0.39, 0.29) is 29.3 Å². The number of aryl methyl sites for hydroxylation is 1. The Balaban J connectivity index is 1.58. The highest BCUT2D eigenvalue weighted by Crippen LogP contribution is 2.25. The molecular weight excluding hydrogens is 382 g/mol. The highest BCUT2D eigenvalue weighted by Gasteiger charge is 2.35. The molecule has 1 N–H and O–H groups in total. The van der Waals surface area contributed by atoms with Gasteiger partial charge in [-0.25, -0.2) is 8.42 Å². The minimum absolute atomic E-state index is 0.0667. The number of nitrogens with zero attached hydrogens (tertiary/aromatic N) is 4. The van der Waals surface area contributed by atoms with E-state index in [4.69, 9.17) is 4.74 Å². The third-order valence-corrected chi connectivity index (χ3v) is 7.77. The number of carbonyl (C=O) groups excluding carboxylic acids is 1. The molecule has 158 valence electrons. The molecule has 2 fully saturated rings. The van der Waals surface area contributed by atoms with Crippen molar-refractivity contribution in [2.45, 2.75) is 37.6 Å². The number of morpholine rings is 1. The van der Waals surface area contributed by atoms with Gasteiger partial charge in [-0.2, -0.15) is 9.40 Å². The molecule has 1 aromatic rings. The topological polar surface area (TPSA) is 96.8 Å². The van der Waals surface area contributed by atoms with E-state index in [1.807, 2.05) is 0 Å². The molecule has 10 heteroatoms. The van der Waals surface area contributed by atoms with Crippen LogP contribution in [0.1, 0.15) is 25.5 Å². The molecule has 3 heterocycles. The van der Waals surface area contributed by atoms with Crippen molar-refractivity contribution < 1.29 is 17.9 Å². The molecule has 1 aromatic heterocycles. The first-order chi connectivity index (χ1) is 13.3. The Morgan fingerprint density at radius 3 is 2.71 bits per heavy atom. The molecule has 2 aliphatic heterocycles. The Kier molecular flexibility index (Phi) is 6.74. The molecule has 9 nitrogen and oxygen atoms in total. The number of aromatic nitrogens is 2. The van der Waals surface area contributed by atoms with Crippen molar-refractivity contribution in [3.05, 3.63) is 11.9 Å². The van der Waals surface area contributed by atoms with Gasteiger partial charge in [-0.05, 0) is 26.7 Å². The van der Waals surface area contributed by atoms with Gasteiger partial charge in [0.15, 0.2) is 0 Å². The Hall–Kier alpha value is -1.49. The van der Waals surface area contributed by atoms with Crippen molar-refractivity contribution in [2.24, 2.45) is 13.0 Å². The fourth-order valence-electron chi connectivity index (χ4n) is 3.79. The van der Waals surface area contributed by atoms with Gasteiger partial charge in [0.1, 0.15) is 4.90 Å².